The van der Waals surface area contributed by atoms with Crippen LogP contribution in [-0.2, 0) is 13.0 Å². The molecule has 5 rings (SSSR count). The molecule has 0 fully saturated rings. The predicted molar refractivity (Wildman–Crippen MR) is 108 cm³/mol. The number of rotatable bonds is 4. The molecule has 7 heteroatoms. The number of aromatic nitrogens is 3. The number of hydrogen-bond acceptors (Lipinski definition) is 6. The van der Waals surface area contributed by atoms with E-state index in [0.29, 0.717) is 4.96 Å². The van der Waals surface area contributed by atoms with Crippen molar-refractivity contribution in [1.82, 2.24) is 19.5 Å². The molecule has 0 radical (unpaired) electrons. The van der Waals surface area contributed by atoms with Crippen LogP contribution in [0.25, 0.3) is 4.96 Å². The highest BCUT2D eigenvalue weighted by molar-refractivity contribution is 7.17. The highest BCUT2D eigenvalue weighted by Crippen LogP contribution is 2.41. The summed E-state index contributed by atoms with van der Waals surface area (Å²) in [7, 11) is 1.67. The molecule has 1 N–H and O–H groups in total. The fraction of sp³-hybridized carbons (Fsp3) is 0.238. The second-order valence-corrected chi connectivity index (χ2v) is 7.92. The zero-order valence-electron chi connectivity index (χ0n) is 15.4. The summed E-state index contributed by atoms with van der Waals surface area (Å²) < 4.78 is 6.83. The summed E-state index contributed by atoms with van der Waals surface area (Å²) in [5.74, 6) is 0.982. The van der Waals surface area contributed by atoms with Gasteiger partial charge in [0.15, 0.2) is 0 Å². The third kappa shape index (κ3) is 2.83. The van der Waals surface area contributed by atoms with Crippen LogP contribution in [-0.4, -0.2) is 38.3 Å². The fourth-order valence-corrected chi connectivity index (χ4v) is 5.02. The molecule has 28 heavy (non-hydrogen) atoms. The quantitative estimate of drug-likeness (QED) is 0.574. The van der Waals surface area contributed by atoms with Crippen molar-refractivity contribution in [3.63, 3.8) is 0 Å². The normalized spacial score (nSPS) is 15.5. The number of fused-ring (bicyclic) bond motifs is 2. The molecule has 2 aromatic heterocycles. The number of hydrogen-bond donors (Lipinski definition) is 1. The van der Waals surface area contributed by atoms with Crippen LogP contribution >= 0.6 is 11.3 Å². The lowest BCUT2D eigenvalue weighted by molar-refractivity contribution is 0.205. The van der Waals surface area contributed by atoms with E-state index in [2.05, 4.69) is 51.4 Å². The highest BCUT2D eigenvalue weighted by atomic mass is 32.1. The largest absolute Gasteiger partial charge is 0.497 e. The first-order valence-corrected chi connectivity index (χ1v) is 10.0. The Morgan fingerprint density at radius 1 is 1.11 bits per heavy atom. The molecule has 4 aromatic rings. The summed E-state index contributed by atoms with van der Waals surface area (Å²) in [6.07, 6.45) is 2.46. The van der Waals surface area contributed by atoms with Gasteiger partial charge in [0.25, 0.3) is 0 Å². The lowest BCUT2D eigenvalue weighted by atomic mass is 9.95. The van der Waals surface area contributed by atoms with Gasteiger partial charge in [0.1, 0.15) is 12.1 Å². The van der Waals surface area contributed by atoms with E-state index in [-0.39, 0.29) is 11.9 Å². The minimum atomic E-state index is -0.0761. The molecule has 6 nitrogen and oxygen atoms in total. The topological polar surface area (TPSA) is 62.9 Å². The van der Waals surface area contributed by atoms with E-state index >= 15 is 0 Å². The van der Waals surface area contributed by atoms with Crippen molar-refractivity contribution in [2.45, 2.75) is 19.0 Å². The molecule has 3 heterocycles. The fourth-order valence-electron chi connectivity index (χ4n) is 3.92. The lowest BCUT2D eigenvalue weighted by Gasteiger charge is -2.35. The van der Waals surface area contributed by atoms with Crippen LogP contribution in [0.3, 0.4) is 0 Å². The van der Waals surface area contributed by atoms with Crippen molar-refractivity contribution in [3.05, 3.63) is 76.4 Å². The average Bonchev–Trinajstić information content (AvgIpc) is 3.32. The van der Waals surface area contributed by atoms with Gasteiger partial charge in [0.2, 0.25) is 10.8 Å². The summed E-state index contributed by atoms with van der Waals surface area (Å²) in [5, 5.41) is 15.0. The third-order valence-electron chi connectivity index (χ3n) is 5.34. The van der Waals surface area contributed by atoms with Gasteiger partial charge < -0.3 is 9.84 Å². The molecule has 0 aliphatic carbocycles. The first-order chi connectivity index (χ1) is 13.7. The summed E-state index contributed by atoms with van der Waals surface area (Å²) in [4.78, 5) is 8.23. The van der Waals surface area contributed by atoms with Crippen molar-refractivity contribution < 1.29 is 9.84 Å². The van der Waals surface area contributed by atoms with Crippen molar-refractivity contribution in [3.8, 4) is 11.6 Å². The van der Waals surface area contributed by atoms with E-state index in [1.165, 1.54) is 33.3 Å². The van der Waals surface area contributed by atoms with E-state index in [9.17, 15) is 5.11 Å². The molecular weight excluding hydrogens is 372 g/mol. The van der Waals surface area contributed by atoms with Crippen molar-refractivity contribution in [2.75, 3.05) is 13.7 Å². The van der Waals surface area contributed by atoms with E-state index in [1.807, 2.05) is 12.1 Å². The van der Waals surface area contributed by atoms with Crippen LogP contribution < -0.4 is 4.74 Å². The Balaban J connectivity index is 1.60. The minimum absolute atomic E-state index is 0.0761. The van der Waals surface area contributed by atoms with E-state index < -0.39 is 0 Å². The molecule has 0 amide bonds. The molecule has 1 atom stereocenters. The molecule has 1 aliphatic heterocycles. The van der Waals surface area contributed by atoms with E-state index in [4.69, 9.17) is 4.74 Å². The van der Waals surface area contributed by atoms with Crippen LogP contribution in [0.5, 0.6) is 11.6 Å². The average molecular weight is 392 g/mol. The van der Waals surface area contributed by atoms with Crippen LogP contribution in [0.2, 0.25) is 0 Å². The molecule has 0 bridgehead atoms. The first kappa shape index (κ1) is 17.2. The van der Waals surface area contributed by atoms with Crippen molar-refractivity contribution in [2.24, 2.45) is 0 Å². The Hall–Kier alpha value is -2.90. The van der Waals surface area contributed by atoms with Crippen LogP contribution in [0.1, 0.15) is 27.6 Å². The second kappa shape index (κ2) is 6.92. The molecule has 0 spiro atoms. The molecule has 1 aliphatic rings. The maximum absolute atomic E-state index is 10.9. The number of aromatic hydroxyl groups is 1. The van der Waals surface area contributed by atoms with Gasteiger partial charge in [0, 0.05) is 13.1 Å². The van der Waals surface area contributed by atoms with Gasteiger partial charge in [-0.3, -0.25) is 4.90 Å². The number of nitrogens with zero attached hydrogens (tertiary/aromatic N) is 4. The smallest absolute Gasteiger partial charge is 0.230 e. The highest BCUT2D eigenvalue weighted by Gasteiger charge is 2.31. The lowest BCUT2D eigenvalue weighted by Crippen LogP contribution is -2.34. The van der Waals surface area contributed by atoms with Crippen LogP contribution in [0.4, 0.5) is 0 Å². The summed E-state index contributed by atoms with van der Waals surface area (Å²) in [6, 6.07) is 16.6. The van der Waals surface area contributed by atoms with Gasteiger partial charge in [0.05, 0.1) is 18.0 Å². The Bertz CT molecular complexity index is 1120. The van der Waals surface area contributed by atoms with Gasteiger partial charge in [-0.2, -0.15) is 9.61 Å². The van der Waals surface area contributed by atoms with Crippen LogP contribution in [0, 0.1) is 0 Å². The zero-order valence-corrected chi connectivity index (χ0v) is 16.3. The molecule has 1 unspecified atom stereocenters. The zero-order chi connectivity index (χ0) is 19.1. The number of ether oxygens (including phenoxy) is 1. The van der Waals surface area contributed by atoms with Crippen molar-refractivity contribution in [1.29, 1.82) is 0 Å². The molecule has 142 valence electrons. The van der Waals surface area contributed by atoms with Gasteiger partial charge >= 0.3 is 0 Å². The SMILES string of the molecule is COc1ccc(C(c2sc3ncnn3c2O)N2CCc3ccccc3C2)cc1. The molecule has 0 saturated heterocycles. The molecular formula is C21H20N4O2S. The second-order valence-electron chi connectivity index (χ2n) is 6.91. The summed E-state index contributed by atoms with van der Waals surface area (Å²) in [6.45, 7) is 1.75. The van der Waals surface area contributed by atoms with Gasteiger partial charge in [-0.15, -0.1) is 0 Å². The maximum Gasteiger partial charge on any atom is 0.230 e. The Kier molecular flexibility index (Phi) is 4.26. The number of thiazole rings is 1. The van der Waals surface area contributed by atoms with Gasteiger partial charge in [-0.1, -0.05) is 47.7 Å². The summed E-state index contributed by atoms with van der Waals surface area (Å²) in [5.41, 5.74) is 3.85. The number of methoxy groups -OCH3 is 1. The van der Waals surface area contributed by atoms with E-state index in [0.717, 1.165) is 35.7 Å². The van der Waals surface area contributed by atoms with Crippen molar-refractivity contribution >= 4 is 16.3 Å². The first-order valence-electron chi connectivity index (χ1n) is 9.21. The third-order valence-corrected chi connectivity index (χ3v) is 6.43. The minimum Gasteiger partial charge on any atom is -0.497 e. The number of benzene rings is 2. The Morgan fingerprint density at radius 3 is 2.64 bits per heavy atom. The van der Waals surface area contributed by atoms with Crippen LogP contribution in [0.15, 0.2) is 54.9 Å². The van der Waals surface area contributed by atoms with Gasteiger partial charge in [-0.25, -0.2) is 4.98 Å². The van der Waals surface area contributed by atoms with E-state index in [1.54, 1.807) is 7.11 Å². The predicted octanol–water partition coefficient (Wildman–Crippen LogP) is 3.65. The maximum atomic E-state index is 10.9. The van der Waals surface area contributed by atoms with Gasteiger partial charge in [-0.05, 0) is 35.2 Å². The Labute approximate surface area is 166 Å². The molecule has 2 aromatic carbocycles. The summed E-state index contributed by atoms with van der Waals surface area (Å²) >= 11 is 1.48. The Morgan fingerprint density at radius 2 is 1.89 bits per heavy atom. The molecule has 0 saturated carbocycles. The monoisotopic (exact) mass is 392 g/mol. The standard InChI is InChI=1S/C21H20N4O2S/c1-27-17-8-6-15(7-9-17)18(19-20(26)25-21(28-19)22-13-23-25)24-11-10-14-4-2-3-5-16(14)12-24/h2-9,13,18,26H,10-12H2,1H3.